The van der Waals surface area contributed by atoms with E-state index in [0.29, 0.717) is 10.6 Å². The minimum absolute atomic E-state index is 0.200. The van der Waals surface area contributed by atoms with Crippen molar-refractivity contribution in [1.82, 2.24) is 10.3 Å². The molecule has 0 fully saturated rings. The minimum atomic E-state index is -0.356. The number of fused-ring (bicyclic) bond motifs is 1. The van der Waals surface area contributed by atoms with Crippen LogP contribution in [0.4, 0.5) is 5.69 Å². The van der Waals surface area contributed by atoms with Crippen LogP contribution in [0, 0.1) is 0 Å². The van der Waals surface area contributed by atoms with Gasteiger partial charge in [0.1, 0.15) is 5.01 Å². The molecule has 1 amide bonds. The zero-order valence-electron chi connectivity index (χ0n) is 14.5. The summed E-state index contributed by atoms with van der Waals surface area (Å²) in [6.45, 7) is 0. The van der Waals surface area contributed by atoms with E-state index >= 15 is 0 Å². The molecule has 0 aliphatic heterocycles. The fourth-order valence-electron chi connectivity index (χ4n) is 2.70. The lowest BCUT2D eigenvalue weighted by Crippen LogP contribution is -2.34. The lowest BCUT2D eigenvalue weighted by atomic mass is 10.2. The molecule has 1 heterocycles. The Balaban J connectivity index is 1.49. The van der Waals surface area contributed by atoms with Crippen molar-refractivity contribution in [3.8, 4) is 10.6 Å². The number of halogens is 1. The molecule has 0 unspecified atom stereocenters. The summed E-state index contributed by atoms with van der Waals surface area (Å²) in [5.41, 5.74) is 3.09. The van der Waals surface area contributed by atoms with Gasteiger partial charge in [-0.2, -0.15) is 0 Å². The molecule has 4 aromatic rings. The first-order chi connectivity index (χ1) is 13.6. The average Bonchev–Trinajstić information content (AvgIpc) is 3.12. The molecule has 138 valence electrons. The molecule has 2 N–H and O–H groups in total. The van der Waals surface area contributed by atoms with Gasteiger partial charge in [0.2, 0.25) is 0 Å². The van der Waals surface area contributed by atoms with Crippen LogP contribution in [0.2, 0.25) is 5.02 Å². The molecule has 4 nitrogen and oxygen atoms in total. The molecule has 28 heavy (non-hydrogen) atoms. The van der Waals surface area contributed by atoms with Crippen LogP contribution < -0.4 is 10.6 Å². The maximum atomic E-state index is 12.3. The van der Waals surface area contributed by atoms with E-state index in [9.17, 15) is 4.79 Å². The van der Waals surface area contributed by atoms with E-state index < -0.39 is 0 Å². The fourth-order valence-corrected chi connectivity index (χ4v) is 4.10. The van der Waals surface area contributed by atoms with Crippen molar-refractivity contribution < 1.29 is 4.79 Å². The van der Waals surface area contributed by atoms with Crippen LogP contribution in [-0.2, 0) is 0 Å². The van der Waals surface area contributed by atoms with E-state index in [1.165, 1.54) is 0 Å². The highest BCUT2D eigenvalue weighted by molar-refractivity contribution is 7.80. The third kappa shape index (κ3) is 4.04. The Labute approximate surface area is 176 Å². The molecule has 4 rings (SSSR count). The molecule has 1 aromatic heterocycles. The Bertz CT molecular complexity index is 1160. The van der Waals surface area contributed by atoms with E-state index in [1.807, 2.05) is 42.5 Å². The van der Waals surface area contributed by atoms with Crippen molar-refractivity contribution in [3.63, 3.8) is 0 Å². The molecular formula is C21H14ClN3OS2. The number of amides is 1. The van der Waals surface area contributed by atoms with Crippen molar-refractivity contribution in [2.24, 2.45) is 0 Å². The zero-order chi connectivity index (χ0) is 19.5. The van der Waals surface area contributed by atoms with Crippen LogP contribution in [0.25, 0.3) is 20.8 Å². The quantitative estimate of drug-likeness (QED) is 0.412. The normalized spacial score (nSPS) is 10.6. The summed E-state index contributed by atoms with van der Waals surface area (Å²) < 4.78 is 1.14. The highest BCUT2D eigenvalue weighted by Crippen LogP contribution is 2.31. The Morgan fingerprint density at radius 1 is 1.00 bits per heavy atom. The van der Waals surface area contributed by atoms with Gasteiger partial charge in [-0.25, -0.2) is 4.98 Å². The molecule has 0 bridgehead atoms. The van der Waals surface area contributed by atoms with Gasteiger partial charge in [0.15, 0.2) is 5.11 Å². The van der Waals surface area contributed by atoms with Gasteiger partial charge < -0.3 is 5.32 Å². The molecule has 0 radical (unpaired) electrons. The number of thiazole rings is 1. The lowest BCUT2D eigenvalue weighted by molar-refractivity contribution is 0.0978. The number of carbonyl (C=O) groups is 1. The Kier molecular flexibility index (Phi) is 5.34. The van der Waals surface area contributed by atoms with E-state index in [1.54, 1.807) is 35.6 Å². The van der Waals surface area contributed by atoms with Gasteiger partial charge in [-0.1, -0.05) is 48.0 Å². The Morgan fingerprint density at radius 2 is 1.79 bits per heavy atom. The Hall–Kier alpha value is -2.80. The van der Waals surface area contributed by atoms with Gasteiger partial charge in [0.05, 0.1) is 20.8 Å². The highest BCUT2D eigenvalue weighted by atomic mass is 35.5. The molecule has 3 aromatic carbocycles. The van der Waals surface area contributed by atoms with Crippen molar-refractivity contribution in [2.45, 2.75) is 0 Å². The molecule has 0 saturated heterocycles. The fraction of sp³-hybridized carbons (Fsp3) is 0. The SMILES string of the molecule is O=C(NC(=S)Nc1cccc(-c2nc3ccccc3s2)c1)c1ccccc1Cl. The molecule has 0 atom stereocenters. The van der Waals surface area contributed by atoms with Gasteiger partial charge >= 0.3 is 0 Å². The molecule has 0 saturated carbocycles. The smallest absolute Gasteiger partial charge is 0.258 e. The first-order valence-corrected chi connectivity index (χ1v) is 10.0. The lowest BCUT2D eigenvalue weighted by Gasteiger charge is -2.11. The number of carbonyl (C=O) groups excluding carboxylic acids is 1. The molecular weight excluding hydrogens is 410 g/mol. The number of thiocarbonyl (C=S) groups is 1. The standard InChI is InChI=1S/C21H14ClN3OS2/c22-16-9-2-1-8-15(16)19(26)25-21(27)23-14-7-5-6-13(12-14)20-24-17-10-3-4-11-18(17)28-20/h1-12H,(H2,23,25,26,27). The third-order valence-electron chi connectivity index (χ3n) is 4.01. The molecule has 0 aliphatic rings. The van der Waals surface area contributed by atoms with Crippen molar-refractivity contribution in [2.75, 3.05) is 5.32 Å². The summed E-state index contributed by atoms with van der Waals surface area (Å²) in [5, 5.41) is 7.19. The third-order valence-corrected chi connectivity index (χ3v) is 5.63. The van der Waals surface area contributed by atoms with Crippen LogP contribution in [-0.4, -0.2) is 16.0 Å². The summed E-state index contributed by atoms with van der Waals surface area (Å²) in [6.07, 6.45) is 0. The zero-order valence-corrected chi connectivity index (χ0v) is 16.9. The highest BCUT2D eigenvalue weighted by Gasteiger charge is 2.12. The van der Waals surface area contributed by atoms with Crippen LogP contribution in [0.1, 0.15) is 10.4 Å². The van der Waals surface area contributed by atoms with E-state index in [2.05, 4.69) is 21.7 Å². The summed E-state index contributed by atoms with van der Waals surface area (Å²) in [4.78, 5) is 17.0. The molecule has 0 spiro atoms. The number of hydrogen-bond donors (Lipinski definition) is 2. The monoisotopic (exact) mass is 423 g/mol. The van der Waals surface area contributed by atoms with Gasteiger partial charge in [-0.15, -0.1) is 11.3 Å². The summed E-state index contributed by atoms with van der Waals surface area (Å²) in [6, 6.07) is 22.6. The van der Waals surface area contributed by atoms with Crippen molar-refractivity contribution in [3.05, 3.63) is 83.4 Å². The second-order valence-corrected chi connectivity index (χ2v) is 7.80. The number of aromatic nitrogens is 1. The van der Waals surface area contributed by atoms with E-state index in [4.69, 9.17) is 23.8 Å². The predicted molar refractivity (Wildman–Crippen MR) is 120 cm³/mol. The number of anilines is 1. The number of benzene rings is 3. The number of hydrogen-bond acceptors (Lipinski definition) is 4. The number of nitrogens with one attached hydrogen (secondary N) is 2. The van der Waals surface area contributed by atoms with Crippen LogP contribution in [0.15, 0.2) is 72.8 Å². The second kappa shape index (κ2) is 8.06. The largest absolute Gasteiger partial charge is 0.332 e. The molecule has 0 aliphatic carbocycles. The number of rotatable bonds is 3. The first-order valence-electron chi connectivity index (χ1n) is 8.43. The maximum Gasteiger partial charge on any atom is 0.258 e. The topological polar surface area (TPSA) is 54.0 Å². The minimum Gasteiger partial charge on any atom is -0.332 e. The number of nitrogens with zero attached hydrogens (tertiary/aromatic N) is 1. The van der Waals surface area contributed by atoms with Crippen LogP contribution >= 0.6 is 35.2 Å². The number of para-hydroxylation sites is 1. The van der Waals surface area contributed by atoms with Crippen LogP contribution in [0.5, 0.6) is 0 Å². The first kappa shape index (κ1) is 18.6. The van der Waals surface area contributed by atoms with Gasteiger partial charge in [-0.05, 0) is 48.6 Å². The van der Waals surface area contributed by atoms with E-state index in [0.717, 1.165) is 26.5 Å². The Morgan fingerprint density at radius 3 is 2.61 bits per heavy atom. The maximum absolute atomic E-state index is 12.3. The summed E-state index contributed by atoms with van der Waals surface area (Å²) in [5.74, 6) is -0.356. The summed E-state index contributed by atoms with van der Waals surface area (Å²) >= 11 is 13.0. The summed E-state index contributed by atoms with van der Waals surface area (Å²) in [7, 11) is 0. The molecule has 7 heteroatoms. The van der Waals surface area contributed by atoms with Gasteiger partial charge in [0.25, 0.3) is 5.91 Å². The van der Waals surface area contributed by atoms with Crippen molar-refractivity contribution >= 4 is 62.1 Å². The second-order valence-electron chi connectivity index (χ2n) is 5.96. The average molecular weight is 424 g/mol. The van der Waals surface area contributed by atoms with Gasteiger partial charge in [0, 0.05) is 11.3 Å². The predicted octanol–water partition coefficient (Wildman–Crippen LogP) is 5.74. The van der Waals surface area contributed by atoms with Crippen molar-refractivity contribution in [1.29, 1.82) is 0 Å². The van der Waals surface area contributed by atoms with Gasteiger partial charge in [-0.3, -0.25) is 10.1 Å². The van der Waals surface area contributed by atoms with Crippen LogP contribution in [0.3, 0.4) is 0 Å². The van der Waals surface area contributed by atoms with E-state index in [-0.39, 0.29) is 11.0 Å².